The predicted molar refractivity (Wildman–Crippen MR) is 82.5 cm³/mol. The maximum absolute atomic E-state index is 5.99. The van der Waals surface area contributed by atoms with Crippen molar-refractivity contribution >= 4 is 23.3 Å². The zero-order valence-electron chi connectivity index (χ0n) is 10.8. The van der Waals surface area contributed by atoms with Crippen LogP contribution >= 0.6 is 0 Å². The van der Waals surface area contributed by atoms with Crippen molar-refractivity contribution in [2.45, 2.75) is 0 Å². The van der Waals surface area contributed by atoms with Gasteiger partial charge in [0.05, 0.1) is 11.4 Å². The number of guanidine groups is 2. The van der Waals surface area contributed by atoms with Crippen LogP contribution < -0.4 is 22.2 Å². The molecule has 0 bridgehead atoms. The number of aliphatic imine (C=N–C) groups is 1. The van der Waals surface area contributed by atoms with Crippen molar-refractivity contribution in [3.05, 3.63) is 60.7 Å². The van der Waals surface area contributed by atoms with Gasteiger partial charge in [0.15, 0.2) is 0 Å². The molecule has 2 rings (SSSR count). The molecule has 102 valence electrons. The number of anilines is 1. The molecule has 0 amide bonds. The molecule has 2 aromatic carbocycles. The highest BCUT2D eigenvalue weighted by Crippen LogP contribution is 2.16. The van der Waals surface area contributed by atoms with Crippen molar-refractivity contribution in [2.24, 2.45) is 27.3 Å². The average molecular weight is 268 g/mol. The first kappa shape index (κ1) is 13.4. The molecule has 0 radical (unpaired) electrons. The standard InChI is InChI=1S/C14H16N6/c15-13(16)19-20(12-9-5-2-6-10-12)14(17)18-11-7-3-1-4-8-11/h1-10H,(H2,17,18)(H4,15,16,19). The lowest BCUT2D eigenvalue weighted by molar-refractivity contribution is 1.09. The highest BCUT2D eigenvalue weighted by atomic mass is 15.5. The fourth-order valence-corrected chi connectivity index (χ4v) is 1.61. The Bertz CT molecular complexity index is 602. The predicted octanol–water partition coefficient (Wildman–Crippen LogP) is 1.33. The smallest absolute Gasteiger partial charge is 0.222 e. The number of para-hydroxylation sites is 2. The van der Waals surface area contributed by atoms with Gasteiger partial charge in [0, 0.05) is 0 Å². The van der Waals surface area contributed by atoms with Gasteiger partial charge in [0.2, 0.25) is 11.9 Å². The molecular weight excluding hydrogens is 252 g/mol. The third-order valence-electron chi connectivity index (χ3n) is 2.43. The van der Waals surface area contributed by atoms with Crippen molar-refractivity contribution < 1.29 is 0 Å². The molecule has 0 saturated carbocycles. The van der Waals surface area contributed by atoms with E-state index in [0.29, 0.717) is 0 Å². The Labute approximate surface area is 117 Å². The van der Waals surface area contributed by atoms with Crippen LogP contribution in [-0.2, 0) is 0 Å². The summed E-state index contributed by atoms with van der Waals surface area (Å²) < 4.78 is 0. The maximum atomic E-state index is 5.99. The van der Waals surface area contributed by atoms with Crippen molar-refractivity contribution in [1.29, 1.82) is 0 Å². The van der Waals surface area contributed by atoms with E-state index in [2.05, 4.69) is 10.1 Å². The minimum atomic E-state index is -0.0972. The van der Waals surface area contributed by atoms with Gasteiger partial charge in [-0.1, -0.05) is 36.4 Å². The van der Waals surface area contributed by atoms with Gasteiger partial charge in [0.25, 0.3) is 0 Å². The van der Waals surface area contributed by atoms with Crippen LogP contribution in [0.3, 0.4) is 0 Å². The Morgan fingerprint density at radius 2 is 1.35 bits per heavy atom. The van der Waals surface area contributed by atoms with Crippen LogP contribution in [0.15, 0.2) is 70.8 Å². The van der Waals surface area contributed by atoms with Gasteiger partial charge < -0.3 is 17.2 Å². The van der Waals surface area contributed by atoms with E-state index >= 15 is 0 Å². The number of hydrazone groups is 1. The van der Waals surface area contributed by atoms with Gasteiger partial charge in [-0.15, -0.1) is 5.10 Å². The van der Waals surface area contributed by atoms with E-state index in [1.807, 2.05) is 60.7 Å². The average Bonchev–Trinajstić information content (AvgIpc) is 2.46. The Hall–Kier alpha value is -3.02. The van der Waals surface area contributed by atoms with E-state index in [1.54, 1.807) is 0 Å². The molecule has 6 N–H and O–H groups in total. The lowest BCUT2D eigenvalue weighted by Crippen LogP contribution is -2.37. The van der Waals surface area contributed by atoms with Crippen LogP contribution in [0.4, 0.5) is 11.4 Å². The van der Waals surface area contributed by atoms with E-state index in [0.717, 1.165) is 11.4 Å². The van der Waals surface area contributed by atoms with Crippen molar-refractivity contribution in [2.75, 3.05) is 5.01 Å². The first-order valence-corrected chi connectivity index (χ1v) is 6.01. The van der Waals surface area contributed by atoms with Gasteiger partial charge in [-0.05, 0) is 24.3 Å². The highest BCUT2D eigenvalue weighted by Gasteiger charge is 2.10. The van der Waals surface area contributed by atoms with Crippen LogP contribution in [0.25, 0.3) is 0 Å². The molecule has 6 heteroatoms. The fourth-order valence-electron chi connectivity index (χ4n) is 1.61. The Kier molecular flexibility index (Phi) is 4.18. The quantitative estimate of drug-likeness (QED) is 0.443. The van der Waals surface area contributed by atoms with Crippen LogP contribution in [-0.4, -0.2) is 11.9 Å². The fraction of sp³-hybridized carbons (Fsp3) is 0. The maximum Gasteiger partial charge on any atom is 0.222 e. The van der Waals surface area contributed by atoms with Gasteiger partial charge >= 0.3 is 0 Å². The monoisotopic (exact) mass is 268 g/mol. The van der Waals surface area contributed by atoms with Crippen LogP contribution in [0.2, 0.25) is 0 Å². The molecule has 0 spiro atoms. The van der Waals surface area contributed by atoms with Crippen molar-refractivity contribution in [3.63, 3.8) is 0 Å². The number of hydrogen-bond acceptors (Lipinski definition) is 2. The Morgan fingerprint density at radius 3 is 1.90 bits per heavy atom. The molecule has 0 atom stereocenters. The Balaban J connectivity index is 2.37. The summed E-state index contributed by atoms with van der Waals surface area (Å²) in [7, 11) is 0. The largest absolute Gasteiger partial charge is 0.369 e. The summed E-state index contributed by atoms with van der Waals surface area (Å²) in [4.78, 5) is 4.29. The van der Waals surface area contributed by atoms with E-state index in [4.69, 9.17) is 17.2 Å². The topological polar surface area (TPSA) is 106 Å². The van der Waals surface area contributed by atoms with Gasteiger partial charge in [-0.3, -0.25) is 0 Å². The molecule has 0 fully saturated rings. The summed E-state index contributed by atoms with van der Waals surface area (Å²) in [6.45, 7) is 0. The second-order valence-corrected chi connectivity index (χ2v) is 3.98. The molecule has 0 aromatic heterocycles. The third-order valence-corrected chi connectivity index (χ3v) is 2.43. The summed E-state index contributed by atoms with van der Waals surface area (Å²) in [5, 5.41) is 5.38. The zero-order chi connectivity index (χ0) is 14.4. The number of nitrogens with zero attached hydrogens (tertiary/aromatic N) is 3. The van der Waals surface area contributed by atoms with E-state index in [1.165, 1.54) is 5.01 Å². The van der Waals surface area contributed by atoms with Gasteiger partial charge in [0.1, 0.15) is 0 Å². The summed E-state index contributed by atoms with van der Waals surface area (Å²) >= 11 is 0. The molecule has 0 unspecified atom stereocenters. The summed E-state index contributed by atoms with van der Waals surface area (Å²) in [5.41, 5.74) is 18.3. The van der Waals surface area contributed by atoms with Crippen LogP contribution in [0.5, 0.6) is 0 Å². The first-order chi connectivity index (χ1) is 9.66. The summed E-state index contributed by atoms with van der Waals surface area (Å²) in [6.07, 6.45) is 0. The van der Waals surface area contributed by atoms with Gasteiger partial charge in [-0.2, -0.15) is 5.01 Å². The van der Waals surface area contributed by atoms with E-state index in [-0.39, 0.29) is 11.9 Å². The first-order valence-electron chi connectivity index (χ1n) is 6.01. The molecule has 0 heterocycles. The second-order valence-electron chi connectivity index (χ2n) is 3.98. The second kappa shape index (κ2) is 6.24. The Morgan fingerprint density at radius 1 is 0.800 bits per heavy atom. The SMILES string of the molecule is NC(N)=NN(C(N)=Nc1ccccc1)c1ccccc1. The number of rotatable bonds is 3. The molecular formula is C14H16N6. The minimum absolute atomic E-state index is 0.0972. The number of benzene rings is 2. The van der Waals surface area contributed by atoms with Gasteiger partial charge in [-0.25, -0.2) is 4.99 Å². The van der Waals surface area contributed by atoms with E-state index < -0.39 is 0 Å². The zero-order valence-corrected chi connectivity index (χ0v) is 10.8. The summed E-state index contributed by atoms with van der Waals surface area (Å²) in [6, 6.07) is 18.6. The minimum Gasteiger partial charge on any atom is -0.369 e. The van der Waals surface area contributed by atoms with Crippen molar-refractivity contribution in [1.82, 2.24) is 0 Å². The van der Waals surface area contributed by atoms with Crippen LogP contribution in [0, 0.1) is 0 Å². The third kappa shape index (κ3) is 3.49. The molecule has 0 aliphatic carbocycles. The molecule has 0 aliphatic rings. The normalized spacial score (nSPS) is 10.9. The number of hydrogen-bond donors (Lipinski definition) is 3. The van der Waals surface area contributed by atoms with E-state index in [9.17, 15) is 0 Å². The van der Waals surface area contributed by atoms with Crippen LogP contribution in [0.1, 0.15) is 0 Å². The van der Waals surface area contributed by atoms with Crippen molar-refractivity contribution in [3.8, 4) is 0 Å². The molecule has 0 aliphatic heterocycles. The molecule has 6 nitrogen and oxygen atoms in total. The highest BCUT2D eigenvalue weighted by molar-refractivity contribution is 5.97. The lowest BCUT2D eigenvalue weighted by atomic mass is 10.3. The molecule has 0 saturated heterocycles. The number of nitrogens with two attached hydrogens (primary N) is 3. The molecule has 20 heavy (non-hydrogen) atoms. The lowest BCUT2D eigenvalue weighted by Gasteiger charge is -2.17. The molecule has 2 aromatic rings. The summed E-state index contributed by atoms with van der Waals surface area (Å²) in [5.74, 6) is 0.0795.